The summed E-state index contributed by atoms with van der Waals surface area (Å²) >= 11 is 1.21. The minimum absolute atomic E-state index is 0.0210. The van der Waals surface area contributed by atoms with Gasteiger partial charge in [0.25, 0.3) is 0 Å². The van der Waals surface area contributed by atoms with Crippen LogP contribution < -0.4 is 0 Å². The van der Waals surface area contributed by atoms with Crippen LogP contribution in [0.15, 0.2) is 23.2 Å². The van der Waals surface area contributed by atoms with Crippen molar-refractivity contribution in [3.8, 4) is 0 Å². The number of ether oxygens (including phenoxy) is 1. The first-order chi connectivity index (χ1) is 9.11. The summed E-state index contributed by atoms with van der Waals surface area (Å²) in [4.78, 5) is 19.5. The lowest BCUT2D eigenvalue weighted by molar-refractivity contribution is -0.133. The number of fused-ring (bicyclic) bond motifs is 1. The summed E-state index contributed by atoms with van der Waals surface area (Å²) in [6.07, 6.45) is 0. The van der Waals surface area contributed by atoms with Crippen LogP contribution >= 0.6 is 11.8 Å². The number of aryl methyl sites for hydroxylation is 1. The molecule has 19 heavy (non-hydrogen) atoms. The highest BCUT2D eigenvalue weighted by atomic mass is 32.2. The maximum atomic E-state index is 10.7. The molecule has 0 atom stereocenters. The molecule has 2 rings (SSSR count). The molecule has 6 heteroatoms. The first-order valence-electron chi connectivity index (χ1n) is 5.71. The Morgan fingerprint density at radius 1 is 1.42 bits per heavy atom. The third kappa shape index (κ3) is 3.21. The molecule has 0 radical (unpaired) electrons. The van der Waals surface area contributed by atoms with Crippen LogP contribution in [0.3, 0.4) is 0 Å². The molecule has 1 aromatic heterocycles. The fourth-order valence-corrected chi connectivity index (χ4v) is 2.63. The summed E-state index contributed by atoms with van der Waals surface area (Å²) in [5.74, 6) is -0.320. The Kier molecular flexibility index (Phi) is 4.34. The van der Waals surface area contributed by atoms with E-state index in [-0.39, 0.29) is 5.75 Å². The van der Waals surface area contributed by atoms with E-state index >= 15 is 0 Å². The van der Waals surface area contributed by atoms with Crippen molar-refractivity contribution in [1.82, 2.24) is 9.97 Å². The van der Waals surface area contributed by atoms with Crippen molar-refractivity contribution >= 4 is 28.6 Å². The van der Waals surface area contributed by atoms with Crippen molar-refractivity contribution in [2.24, 2.45) is 0 Å². The highest BCUT2D eigenvalue weighted by Crippen LogP contribution is 2.28. The molecular formula is C13H14N2O3S. The largest absolute Gasteiger partial charge is 0.481 e. The zero-order chi connectivity index (χ0) is 13.8. The first-order valence-corrected chi connectivity index (χ1v) is 6.70. The van der Waals surface area contributed by atoms with Gasteiger partial charge in [-0.05, 0) is 18.6 Å². The van der Waals surface area contributed by atoms with Crippen molar-refractivity contribution in [3.05, 3.63) is 29.6 Å². The van der Waals surface area contributed by atoms with E-state index in [2.05, 4.69) is 9.97 Å². The number of carboxylic acid groups (broad SMARTS) is 1. The number of hydrogen-bond donors (Lipinski definition) is 1. The first kappa shape index (κ1) is 13.8. The van der Waals surface area contributed by atoms with Gasteiger partial charge in [-0.3, -0.25) is 4.79 Å². The minimum Gasteiger partial charge on any atom is -0.481 e. The molecule has 0 amide bonds. The van der Waals surface area contributed by atoms with E-state index in [0.29, 0.717) is 17.5 Å². The monoisotopic (exact) mass is 278 g/mol. The Bertz CT molecular complexity index is 616. The van der Waals surface area contributed by atoms with Crippen LogP contribution in [-0.4, -0.2) is 33.9 Å². The fourth-order valence-electron chi connectivity index (χ4n) is 1.79. The van der Waals surface area contributed by atoms with Gasteiger partial charge < -0.3 is 9.84 Å². The van der Waals surface area contributed by atoms with Crippen LogP contribution in [0.1, 0.15) is 11.4 Å². The van der Waals surface area contributed by atoms with E-state index in [0.717, 1.165) is 16.5 Å². The van der Waals surface area contributed by atoms with Gasteiger partial charge in [-0.2, -0.15) is 0 Å². The number of aromatic nitrogens is 2. The van der Waals surface area contributed by atoms with Gasteiger partial charge in [0.15, 0.2) is 5.82 Å². The maximum absolute atomic E-state index is 10.7. The second-order valence-corrected chi connectivity index (χ2v) is 4.99. The molecule has 0 fully saturated rings. The molecule has 0 saturated heterocycles. The molecule has 100 valence electrons. The molecule has 0 unspecified atom stereocenters. The molecular weight excluding hydrogens is 264 g/mol. The van der Waals surface area contributed by atoms with Crippen molar-refractivity contribution in [3.63, 3.8) is 0 Å². The smallest absolute Gasteiger partial charge is 0.313 e. The van der Waals surface area contributed by atoms with Crippen molar-refractivity contribution in [1.29, 1.82) is 0 Å². The van der Waals surface area contributed by atoms with E-state index in [4.69, 9.17) is 9.84 Å². The number of methoxy groups -OCH3 is 1. The van der Waals surface area contributed by atoms with E-state index in [1.807, 2.05) is 25.1 Å². The average Bonchev–Trinajstić information content (AvgIpc) is 2.36. The van der Waals surface area contributed by atoms with Gasteiger partial charge in [-0.1, -0.05) is 23.9 Å². The lowest BCUT2D eigenvalue weighted by Crippen LogP contribution is -2.03. The minimum atomic E-state index is -0.862. The second-order valence-electron chi connectivity index (χ2n) is 4.03. The zero-order valence-corrected chi connectivity index (χ0v) is 11.5. The molecule has 5 nitrogen and oxygen atoms in total. The molecule has 1 N–H and O–H groups in total. The summed E-state index contributed by atoms with van der Waals surface area (Å²) in [7, 11) is 1.58. The molecule has 0 aliphatic carbocycles. The predicted molar refractivity (Wildman–Crippen MR) is 73.3 cm³/mol. The number of thioether (sulfide) groups is 1. The standard InChI is InChI=1S/C13H14N2O3S/c1-8-4-3-5-9-12(8)13(19-7-11(16)17)15-10(14-9)6-18-2/h3-5H,6-7H2,1-2H3,(H,16,17). The fraction of sp³-hybridized carbons (Fsp3) is 0.308. The Morgan fingerprint density at radius 2 is 2.21 bits per heavy atom. The molecule has 0 aliphatic rings. The normalized spacial score (nSPS) is 10.8. The third-order valence-electron chi connectivity index (χ3n) is 2.55. The number of carboxylic acids is 1. The summed E-state index contributed by atoms with van der Waals surface area (Å²) in [6, 6.07) is 5.79. The summed E-state index contributed by atoms with van der Waals surface area (Å²) < 4.78 is 5.04. The Labute approximate surface area is 115 Å². The Balaban J connectivity index is 2.52. The van der Waals surface area contributed by atoms with Crippen molar-refractivity contribution in [2.75, 3.05) is 12.9 Å². The van der Waals surface area contributed by atoms with E-state index in [9.17, 15) is 4.79 Å². The number of aliphatic carboxylic acids is 1. The van der Waals surface area contributed by atoms with Gasteiger partial charge in [0.05, 0.1) is 11.3 Å². The van der Waals surface area contributed by atoms with Gasteiger partial charge in [0.2, 0.25) is 0 Å². The van der Waals surface area contributed by atoms with Gasteiger partial charge >= 0.3 is 5.97 Å². The molecule has 0 bridgehead atoms. The lowest BCUT2D eigenvalue weighted by Gasteiger charge is -2.09. The molecule has 1 aromatic carbocycles. The topological polar surface area (TPSA) is 72.3 Å². The third-order valence-corrected chi connectivity index (χ3v) is 3.51. The summed E-state index contributed by atoms with van der Waals surface area (Å²) in [6.45, 7) is 2.27. The number of nitrogens with zero attached hydrogens (tertiary/aromatic N) is 2. The second kappa shape index (κ2) is 5.99. The number of hydrogen-bond acceptors (Lipinski definition) is 5. The molecule has 2 aromatic rings. The van der Waals surface area contributed by atoms with Crippen LogP contribution in [0.25, 0.3) is 10.9 Å². The van der Waals surface area contributed by atoms with Crippen LogP contribution in [0.5, 0.6) is 0 Å². The quantitative estimate of drug-likeness (QED) is 0.668. The zero-order valence-electron chi connectivity index (χ0n) is 10.7. The van der Waals surface area contributed by atoms with Gasteiger partial charge in [0.1, 0.15) is 11.6 Å². The average molecular weight is 278 g/mol. The predicted octanol–water partition coefficient (Wildman–Crippen LogP) is 2.26. The highest BCUT2D eigenvalue weighted by molar-refractivity contribution is 8.00. The molecule has 0 aliphatic heterocycles. The van der Waals surface area contributed by atoms with Crippen molar-refractivity contribution in [2.45, 2.75) is 18.6 Å². The summed E-state index contributed by atoms with van der Waals surface area (Å²) in [5, 5.41) is 10.4. The molecule has 0 spiro atoms. The van der Waals surface area contributed by atoms with Crippen LogP contribution in [0.2, 0.25) is 0 Å². The molecule has 1 heterocycles. The SMILES string of the molecule is COCc1nc(SCC(=O)O)c2c(C)cccc2n1. The van der Waals surface area contributed by atoms with Crippen molar-refractivity contribution < 1.29 is 14.6 Å². The highest BCUT2D eigenvalue weighted by Gasteiger charge is 2.11. The van der Waals surface area contributed by atoms with Gasteiger partial charge in [-0.15, -0.1) is 0 Å². The summed E-state index contributed by atoms with van der Waals surface area (Å²) in [5.41, 5.74) is 1.85. The number of carbonyl (C=O) groups is 1. The Morgan fingerprint density at radius 3 is 2.89 bits per heavy atom. The van der Waals surface area contributed by atoms with E-state index in [1.165, 1.54) is 11.8 Å². The van der Waals surface area contributed by atoms with E-state index in [1.54, 1.807) is 7.11 Å². The Hall–Kier alpha value is -1.66. The number of benzene rings is 1. The lowest BCUT2D eigenvalue weighted by atomic mass is 10.1. The van der Waals surface area contributed by atoms with Crippen LogP contribution in [-0.2, 0) is 16.1 Å². The number of rotatable bonds is 5. The van der Waals surface area contributed by atoms with Crippen LogP contribution in [0.4, 0.5) is 0 Å². The van der Waals surface area contributed by atoms with Gasteiger partial charge in [0, 0.05) is 12.5 Å². The van der Waals surface area contributed by atoms with Crippen LogP contribution in [0, 0.1) is 6.92 Å². The van der Waals surface area contributed by atoms with E-state index < -0.39 is 5.97 Å². The maximum Gasteiger partial charge on any atom is 0.313 e. The van der Waals surface area contributed by atoms with Gasteiger partial charge in [-0.25, -0.2) is 9.97 Å². The molecule has 0 saturated carbocycles.